The highest BCUT2D eigenvalue weighted by molar-refractivity contribution is 5.85. The molecule has 0 saturated carbocycles. The first-order chi connectivity index (χ1) is 7.27. The molecule has 0 amide bonds. The van der Waals surface area contributed by atoms with E-state index in [-0.39, 0.29) is 5.56 Å². The summed E-state index contributed by atoms with van der Waals surface area (Å²) in [6.07, 6.45) is 0. The Labute approximate surface area is 86.6 Å². The van der Waals surface area contributed by atoms with Crippen molar-refractivity contribution in [2.45, 2.75) is 0 Å². The molecule has 0 bridgehead atoms. The summed E-state index contributed by atoms with van der Waals surface area (Å²) in [6.45, 7) is 0. The highest BCUT2D eigenvalue weighted by atomic mass is 16.6. The van der Waals surface area contributed by atoms with E-state index in [1.807, 2.05) is 24.3 Å². The Hall–Kier alpha value is -1.97. The first-order valence-electron chi connectivity index (χ1n) is 4.51. The van der Waals surface area contributed by atoms with Gasteiger partial charge in [0.1, 0.15) is 12.9 Å². The van der Waals surface area contributed by atoms with Crippen molar-refractivity contribution in [3.05, 3.63) is 40.7 Å². The average Bonchev–Trinajstić information content (AvgIpc) is 2.28. The highest BCUT2D eigenvalue weighted by Crippen LogP contribution is 2.22. The molecule has 0 atom stereocenters. The van der Waals surface area contributed by atoms with Crippen molar-refractivity contribution in [2.75, 3.05) is 14.2 Å². The molecule has 1 aromatic carbocycles. The van der Waals surface area contributed by atoms with Crippen molar-refractivity contribution in [3.63, 3.8) is 0 Å². The van der Waals surface area contributed by atoms with E-state index in [4.69, 9.17) is 9.57 Å². The summed E-state index contributed by atoms with van der Waals surface area (Å²) in [5.41, 5.74) is 0.456. The molecule has 0 aliphatic carbocycles. The van der Waals surface area contributed by atoms with Crippen LogP contribution in [-0.2, 0) is 0 Å². The van der Waals surface area contributed by atoms with Crippen LogP contribution >= 0.6 is 0 Å². The van der Waals surface area contributed by atoms with Gasteiger partial charge >= 0.3 is 0 Å². The van der Waals surface area contributed by atoms with Gasteiger partial charge < -0.3 is 9.57 Å². The Morgan fingerprint density at radius 3 is 2.60 bits per heavy atom. The van der Waals surface area contributed by atoms with Crippen LogP contribution in [0.5, 0.6) is 5.75 Å². The van der Waals surface area contributed by atoms with Crippen LogP contribution in [0.25, 0.3) is 10.9 Å². The Morgan fingerprint density at radius 2 is 1.93 bits per heavy atom. The van der Waals surface area contributed by atoms with Crippen LogP contribution in [0.4, 0.5) is 0 Å². The first-order valence-corrected chi connectivity index (χ1v) is 4.51. The maximum Gasteiger partial charge on any atom is 0.287 e. The smallest absolute Gasteiger partial charge is 0.287 e. The summed E-state index contributed by atoms with van der Waals surface area (Å²) in [5, 5.41) is 0.849. The third-order valence-electron chi connectivity index (χ3n) is 2.25. The van der Waals surface area contributed by atoms with E-state index >= 15 is 0 Å². The zero-order chi connectivity index (χ0) is 10.8. The lowest BCUT2D eigenvalue weighted by Crippen LogP contribution is -2.24. The molecule has 78 valence electrons. The van der Waals surface area contributed by atoms with Gasteiger partial charge in [-0.3, -0.25) is 4.79 Å². The Bertz CT molecular complexity index is 545. The summed E-state index contributed by atoms with van der Waals surface area (Å²) in [6, 6.07) is 8.82. The number of aromatic nitrogens is 1. The molecule has 4 nitrogen and oxygen atoms in total. The predicted molar refractivity (Wildman–Crippen MR) is 57.3 cm³/mol. The predicted octanol–water partition coefficient (Wildman–Crippen LogP) is 1.07. The second-order valence-corrected chi connectivity index (χ2v) is 3.05. The molecule has 0 spiro atoms. The molecule has 4 heteroatoms. The maximum atomic E-state index is 11.6. The van der Waals surface area contributed by atoms with Crippen molar-refractivity contribution < 1.29 is 9.57 Å². The van der Waals surface area contributed by atoms with Crippen LogP contribution in [0, 0.1) is 0 Å². The number of hydrogen-bond donors (Lipinski definition) is 0. The lowest BCUT2D eigenvalue weighted by Gasteiger charge is -2.10. The molecule has 0 fully saturated rings. The summed E-state index contributed by atoms with van der Waals surface area (Å²) < 4.78 is 6.37. The molecule has 0 aliphatic rings. The van der Waals surface area contributed by atoms with E-state index in [0.29, 0.717) is 11.3 Å². The summed E-state index contributed by atoms with van der Waals surface area (Å²) >= 11 is 0. The van der Waals surface area contributed by atoms with Crippen LogP contribution in [0.1, 0.15) is 0 Å². The van der Waals surface area contributed by atoms with E-state index in [2.05, 4.69) is 0 Å². The molecule has 2 rings (SSSR count). The third kappa shape index (κ3) is 1.44. The molecule has 0 unspecified atom stereocenters. The molecule has 0 saturated heterocycles. The fourth-order valence-electron chi connectivity index (χ4n) is 1.58. The van der Waals surface area contributed by atoms with E-state index in [1.54, 1.807) is 7.11 Å². The van der Waals surface area contributed by atoms with Gasteiger partial charge in [0.25, 0.3) is 5.56 Å². The zero-order valence-electron chi connectivity index (χ0n) is 8.56. The van der Waals surface area contributed by atoms with Gasteiger partial charge in [-0.25, -0.2) is 0 Å². The van der Waals surface area contributed by atoms with E-state index in [1.165, 1.54) is 17.9 Å². The van der Waals surface area contributed by atoms with Crippen molar-refractivity contribution in [1.82, 2.24) is 4.73 Å². The number of pyridine rings is 1. The highest BCUT2D eigenvalue weighted by Gasteiger charge is 2.07. The minimum Gasteiger partial charge on any atom is -0.496 e. The van der Waals surface area contributed by atoms with Gasteiger partial charge in [0.15, 0.2) is 0 Å². The topological polar surface area (TPSA) is 40.5 Å². The number of nitrogens with zero attached hydrogens (tertiary/aromatic N) is 1. The second-order valence-electron chi connectivity index (χ2n) is 3.05. The molecule has 0 radical (unpaired) electrons. The van der Waals surface area contributed by atoms with Crippen molar-refractivity contribution >= 4 is 10.9 Å². The Balaban J connectivity index is 2.92. The average molecular weight is 205 g/mol. The molecular formula is C11H11NO3. The number of ether oxygens (including phenoxy) is 1. The van der Waals surface area contributed by atoms with Gasteiger partial charge in [-0.05, 0) is 12.1 Å². The minimum absolute atomic E-state index is 0.243. The van der Waals surface area contributed by atoms with E-state index < -0.39 is 0 Å². The van der Waals surface area contributed by atoms with Gasteiger partial charge in [0.05, 0.1) is 12.6 Å². The van der Waals surface area contributed by atoms with E-state index in [0.717, 1.165) is 5.39 Å². The number of methoxy groups -OCH3 is 1. The van der Waals surface area contributed by atoms with Gasteiger partial charge in [0, 0.05) is 11.5 Å². The standard InChI is InChI=1S/C11H11NO3/c1-14-10-7-11(13)12(15-2)9-6-4-3-5-8(9)10/h3-7H,1-2H3. The largest absolute Gasteiger partial charge is 0.496 e. The maximum absolute atomic E-state index is 11.6. The summed E-state index contributed by atoms with van der Waals surface area (Å²) in [4.78, 5) is 16.6. The van der Waals surface area contributed by atoms with Crippen LogP contribution in [0.3, 0.4) is 0 Å². The van der Waals surface area contributed by atoms with Gasteiger partial charge in [-0.2, -0.15) is 0 Å². The number of para-hydroxylation sites is 1. The van der Waals surface area contributed by atoms with E-state index in [9.17, 15) is 4.79 Å². The molecule has 0 aliphatic heterocycles. The fraction of sp³-hybridized carbons (Fsp3) is 0.182. The second kappa shape index (κ2) is 3.65. The van der Waals surface area contributed by atoms with Crippen molar-refractivity contribution in [2.24, 2.45) is 0 Å². The van der Waals surface area contributed by atoms with Crippen molar-refractivity contribution in [3.8, 4) is 5.75 Å². The minimum atomic E-state index is -0.243. The number of hydrogen-bond acceptors (Lipinski definition) is 3. The normalized spacial score (nSPS) is 10.3. The van der Waals surface area contributed by atoms with Crippen molar-refractivity contribution in [1.29, 1.82) is 0 Å². The Kier molecular flexibility index (Phi) is 2.33. The van der Waals surface area contributed by atoms with Gasteiger partial charge in [-0.1, -0.05) is 12.1 Å². The monoisotopic (exact) mass is 205 g/mol. The SMILES string of the molecule is COc1cc(=O)n(OC)c2ccccc12. The zero-order valence-corrected chi connectivity index (χ0v) is 8.56. The third-order valence-corrected chi connectivity index (χ3v) is 2.25. The molecular weight excluding hydrogens is 194 g/mol. The fourth-order valence-corrected chi connectivity index (χ4v) is 1.58. The number of fused-ring (bicyclic) bond motifs is 1. The lowest BCUT2D eigenvalue weighted by atomic mass is 10.2. The molecule has 0 N–H and O–H groups in total. The summed E-state index contributed by atoms with van der Waals surface area (Å²) in [7, 11) is 3.00. The van der Waals surface area contributed by atoms with Crippen LogP contribution in [0.15, 0.2) is 35.1 Å². The van der Waals surface area contributed by atoms with Crippen LogP contribution < -0.4 is 15.1 Å². The molecule has 1 aromatic heterocycles. The van der Waals surface area contributed by atoms with Gasteiger partial charge in [-0.15, -0.1) is 4.73 Å². The van der Waals surface area contributed by atoms with Crippen LogP contribution in [-0.4, -0.2) is 19.0 Å². The van der Waals surface area contributed by atoms with Gasteiger partial charge in [0.2, 0.25) is 0 Å². The number of benzene rings is 1. The quantitative estimate of drug-likeness (QED) is 0.736. The molecule has 1 heterocycles. The first kappa shape index (κ1) is 9.58. The Morgan fingerprint density at radius 1 is 1.20 bits per heavy atom. The molecule has 15 heavy (non-hydrogen) atoms. The molecule has 2 aromatic rings. The lowest BCUT2D eigenvalue weighted by molar-refractivity contribution is 0.168. The summed E-state index contributed by atoms with van der Waals surface area (Å²) in [5.74, 6) is 0.559. The van der Waals surface area contributed by atoms with Crippen LogP contribution in [0.2, 0.25) is 0 Å². The number of rotatable bonds is 2.